The van der Waals surface area contributed by atoms with E-state index in [1.807, 2.05) is 73.9 Å². The Morgan fingerprint density at radius 2 is 1.17 bits per heavy atom. The Balaban J connectivity index is 0.000000204. The summed E-state index contributed by atoms with van der Waals surface area (Å²) in [6.07, 6.45) is 6.58. The van der Waals surface area contributed by atoms with Crippen LogP contribution in [0, 0.1) is 13.8 Å². The molecule has 0 bridgehead atoms. The van der Waals surface area contributed by atoms with Crippen LogP contribution in [0.25, 0.3) is 23.0 Å². The molecule has 0 spiro atoms. The smallest absolute Gasteiger partial charge is 0.244 e. The summed E-state index contributed by atoms with van der Waals surface area (Å²) in [4.78, 5) is 49.5. The summed E-state index contributed by atoms with van der Waals surface area (Å²) in [6.45, 7) is 12.1. The average Bonchev–Trinajstić information content (AvgIpc) is 3.81. The number of aromatic amines is 1. The second kappa shape index (κ2) is 23.9. The fourth-order valence-corrected chi connectivity index (χ4v) is 8.27. The molecule has 0 saturated carbocycles. The van der Waals surface area contributed by atoms with Gasteiger partial charge in [-0.3, -0.25) is 19.4 Å². The van der Waals surface area contributed by atoms with E-state index in [1.165, 1.54) is 0 Å². The summed E-state index contributed by atoms with van der Waals surface area (Å²) in [5, 5.41) is 13.5. The number of amides is 2. The van der Waals surface area contributed by atoms with Crippen molar-refractivity contribution in [3.05, 3.63) is 105 Å². The van der Waals surface area contributed by atoms with Gasteiger partial charge in [-0.15, -0.1) is 11.6 Å². The number of ether oxygens (including phenoxy) is 2. The zero-order valence-corrected chi connectivity index (χ0v) is 40.5. The molecule has 2 aromatic carbocycles. The van der Waals surface area contributed by atoms with Gasteiger partial charge in [-0.05, 0) is 64.1 Å². The third-order valence-corrected chi connectivity index (χ3v) is 12.6. The lowest BCUT2D eigenvalue weighted by Crippen LogP contribution is -2.54. The minimum absolute atomic E-state index is 0. The molecule has 21 heteroatoms. The maximum Gasteiger partial charge on any atom is 0.244 e. The zero-order valence-electron chi connectivity index (χ0n) is 36.7. The van der Waals surface area contributed by atoms with Crippen molar-refractivity contribution in [2.45, 2.75) is 53.8 Å². The molecule has 352 valence electrons. The summed E-state index contributed by atoms with van der Waals surface area (Å²) in [5.41, 5.74) is 4.68. The number of carbonyl (C=O) groups excluding carboxylic acids is 2. The number of piperazine rings is 2. The number of H-pyrrole nitrogens is 1. The number of rotatable bonds is 9. The minimum atomic E-state index is -0.00694. The van der Waals surface area contributed by atoms with Crippen LogP contribution in [0.2, 0.25) is 20.1 Å². The number of benzene rings is 2. The van der Waals surface area contributed by atoms with Crippen LogP contribution >= 0.6 is 58.0 Å². The van der Waals surface area contributed by atoms with Gasteiger partial charge in [0.25, 0.3) is 0 Å². The van der Waals surface area contributed by atoms with Gasteiger partial charge in [0.2, 0.25) is 11.8 Å². The third kappa shape index (κ3) is 12.3. The van der Waals surface area contributed by atoms with Crippen molar-refractivity contribution in [3.8, 4) is 34.5 Å². The second-order valence-electron chi connectivity index (χ2n) is 15.1. The number of nitrogens with zero attached hydrogens (tertiary/aromatic N) is 11. The Kier molecular flexibility index (Phi) is 18.7. The first-order chi connectivity index (χ1) is 31.2. The highest BCUT2D eigenvalue weighted by atomic mass is 35.5. The van der Waals surface area contributed by atoms with Gasteiger partial charge in [-0.25, -0.2) is 19.9 Å². The summed E-state index contributed by atoms with van der Waals surface area (Å²) in [6, 6.07) is 15.1. The van der Waals surface area contributed by atoms with E-state index in [-0.39, 0.29) is 43.7 Å². The molecule has 16 nitrogen and oxygen atoms in total. The lowest BCUT2D eigenvalue weighted by molar-refractivity contribution is -0.134. The highest BCUT2D eigenvalue weighted by Gasteiger charge is 2.30. The van der Waals surface area contributed by atoms with E-state index in [1.54, 1.807) is 55.8 Å². The first-order valence-electron chi connectivity index (χ1n) is 20.5. The highest BCUT2D eigenvalue weighted by molar-refractivity contribution is 6.34. The summed E-state index contributed by atoms with van der Waals surface area (Å²) in [7, 11) is 3.20. The van der Waals surface area contributed by atoms with Gasteiger partial charge in [0.15, 0.2) is 11.6 Å². The summed E-state index contributed by atoms with van der Waals surface area (Å²) >= 11 is 30.2. The molecule has 2 aliphatic heterocycles. The predicted octanol–water partition coefficient (Wildman–Crippen LogP) is 8.79. The molecular formula is C45H53Cl5N12O4. The fraction of sp³-hybridized carbons (Fsp3) is 0.378. The van der Waals surface area contributed by atoms with Crippen molar-refractivity contribution in [1.29, 1.82) is 0 Å². The molecule has 2 fully saturated rings. The van der Waals surface area contributed by atoms with Crippen molar-refractivity contribution in [3.63, 3.8) is 0 Å². The van der Waals surface area contributed by atoms with Crippen molar-refractivity contribution in [2.24, 2.45) is 0 Å². The van der Waals surface area contributed by atoms with Gasteiger partial charge >= 0.3 is 0 Å². The summed E-state index contributed by atoms with van der Waals surface area (Å²) in [5.74, 6) is 2.31. The number of alkyl halides is 1. The SMILES string of the molecule is C.COc1cc(N2CCN(C(=O)CCl)[C@@H](C)C2)ccc1Cl.COc1cc(N2CCN(C(=O)Cn3nc(-c4ncccn4)c(Cl)c3C)[C@@H](C)C2)ccc1Cl.Cc1[nH]nc(-c2ncccn2)c1Cl. The standard InChI is InChI=1S/C22H24Cl2N6O2.C14H18Cl2N2O2.C8H7ClN4.CH4/c1-14-12-28(16-5-6-17(23)18(11-16)32-3)9-10-29(14)19(31)13-30-15(2)20(24)21(27-30)22-25-7-4-8-26-22;1-10-9-17(5-6-18(10)14(19)8-15)11-3-4-12(16)13(7-11)20-2;1-5-6(9)7(13-12-5)8-10-3-2-4-11-8;/h4-8,11,14H,9-10,12-13H2,1-3H3;3-4,7,10H,5-6,8-9H2,1-2H3;2-4H,1H3,(H,12,13);1H4/t14-;10-;;/m00../s1. The minimum Gasteiger partial charge on any atom is -0.495 e. The molecule has 0 aliphatic carbocycles. The van der Waals surface area contributed by atoms with Crippen molar-refractivity contribution < 1.29 is 19.1 Å². The quantitative estimate of drug-likeness (QED) is 0.137. The molecule has 4 aromatic heterocycles. The normalized spacial score (nSPS) is 15.7. The van der Waals surface area contributed by atoms with Crippen molar-refractivity contribution in [1.82, 2.24) is 49.7 Å². The molecule has 2 atom stereocenters. The van der Waals surface area contributed by atoms with Gasteiger partial charge in [0.1, 0.15) is 35.3 Å². The van der Waals surface area contributed by atoms with Gasteiger partial charge < -0.3 is 29.1 Å². The number of nitrogens with one attached hydrogen (secondary N) is 1. The molecule has 2 aliphatic rings. The second-order valence-corrected chi connectivity index (χ2v) is 16.9. The van der Waals surface area contributed by atoms with E-state index in [4.69, 9.17) is 67.5 Å². The average molecular weight is 1000 g/mol. The molecule has 8 rings (SSSR count). The number of hydrogen-bond donors (Lipinski definition) is 1. The van der Waals surface area contributed by atoms with Gasteiger partial charge in [0, 0.05) is 99.6 Å². The number of carbonyl (C=O) groups is 2. The molecule has 0 radical (unpaired) electrons. The molecule has 6 aromatic rings. The molecule has 2 amide bonds. The molecule has 66 heavy (non-hydrogen) atoms. The van der Waals surface area contributed by atoms with Crippen LogP contribution in [0.4, 0.5) is 11.4 Å². The Morgan fingerprint density at radius 3 is 1.59 bits per heavy atom. The lowest BCUT2D eigenvalue weighted by atomic mass is 10.1. The fourth-order valence-electron chi connectivity index (χ4n) is 7.34. The largest absolute Gasteiger partial charge is 0.495 e. The van der Waals surface area contributed by atoms with Crippen LogP contribution in [0.5, 0.6) is 11.5 Å². The van der Waals surface area contributed by atoms with Crippen molar-refractivity contribution in [2.75, 3.05) is 69.2 Å². The monoisotopic (exact) mass is 1000 g/mol. The number of hydrogen-bond acceptors (Lipinski definition) is 12. The van der Waals surface area contributed by atoms with E-state index < -0.39 is 0 Å². The van der Waals surface area contributed by atoms with Crippen LogP contribution in [0.15, 0.2) is 73.3 Å². The summed E-state index contributed by atoms with van der Waals surface area (Å²) < 4.78 is 12.2. The predicted molar refractivity (Wildman–Crippen MR) is 263 cm³/mol. The first kappa shape index (κ1) is 51.6. The maximum atomic E-state index is 13.1. The topological polar surface area (TPSA) is 164 Å². The number of aromatic nitrogens is 8. The lowest BCUT2D eigenvalue weighted by Gasteiger charge is -2.41. The highest BCUT2D eigenvalue weighted by Crippen LogP contribution is 2.33. The maximum absolute atomic E-state index is 13.1. The Hall–Kier alpha value is -5.39. The van der Waals surface area contributed by atoms with Crippen molar-refractivity contribution >= 4 is 81.2 Å². The number of anilines is 2. The Bertz CT molecular complexity index is 2550. The van der Waals surface area contributed by atoms with E-state index in [0.29, 0.717) is 86.5 Å². The molecule has 2 saturated heterocycles. The van der Waals surface area contributed by atoms with Gasteiger partial charge in [-0.1, -0.05) is 53.8 Å². The van der Waals surface area contributed by atoms with E-state index in [0.717, 1.165) is 30.2 Å². The van der Waals surface area contributed by atoms with Crippen LogP contribution in [-0.2, 0) is 16.1 Å². The van der Waals surface area contributed by atoms with Gasteiger partial charge in [-0.2, -0.15) is 10.2 Å². The van der Waals surface area contributed by atoms with E-state index in [2.05, 4.69) is 45.0 Å². The molecule has 0 unspecified atom stereocenters. The Morgan fingerprint density at radius 1 is 0.697 bits per heavy atom. The van der Waals surface area contributed by atoms with E-state index in [9.17, 15) is 9.59 Å². The Labute approximate surface area is 410 Å². The van der Waals surface area contributed by atoms with Crippen LogP contribution in [0.3, 0.4) is 0 Å². The first-order valence-corrected chi connectivity index (χ1v) is 22.6. The number of halogens is 5. The molecule has 6 heterocycles. The molecule has 1 N–H and O–H groups in total. The molecular weight excluding hydrogens is 950 g/mol. The van der Waals surface area contributed by atoms with Crippen LogP contribution in [-0.4, -0.2) is 133 Å². The van der Waals surface area contributed by atoms with Crippen LogP contribution in [0.1, 0.15) is 32.7 Å². The van der Waals surface area contributed by atoms with Gasteiger partial charge in [0.05, 0.1) is 45.7 Å². The number of aryl methyl sites for hydroxylation is 1. The number of methoxy groups -OCH3 is 2. The van der Waals surface area contributed by atoms with E-state index >= 15 is 0 Å². The zero-order chi connectivity index (χ0) is 46.8. The van der Waals surface area contributed by atoms with Crippen LogP contribution < -0.4 is 19.3 Å². The third-order valence-electron chi connectivity index (χ3n) is 10.9.